The zero-order chi connectivity index (χ0) is 13.1. The molecule has 0 aliphatic carbocycles. The second-order valence-corrected chi connectivity index (χ2v) is 6.68. The number of rotatable bonds is 3. The molecule has 0 aromatic carbocycles. The number of carbonyl (C=O) groups excluding carboxylic acids is 1. The fourth-order valence-electron chi connectivity index (χ4n) is 2.32. The van der Waals surface area contributed by atoms with E-state index in [2.05, 4.69) is 25.7 Å². The molecule has 1 fully saturated rings. The van der Waals surface area contributed by atoms with Crippen molar-refractivity contribution in [2.24, 2.45) is 11.3 Å². The van der Waals surface area contributed by atoms with Gasteiger partial charge in [-0.05, 0) is 37.8 Å². The van der Waals surface area contributed by atoms with Crippen LogP contribution in [0.25, 0.3) is 0 Å². The summed E-state index contributed by atoms with van der Waals surface area (Å²) >= 11 is 0. The fraction of sp³-hybridized carbons (Fsp3) is 0.929. The molecule has 1 unspecified atom stereocenters. The van der Waals surface area contributed by atoms with Crippen LogP contribution in [0.1, 0.15) is 40.0 Å². The minimum absolute atomic E-state index is 0.221. The van der Waals surface area contributed by atoms with Crippen LogP contribution in [-0.4, -0.2) is 49.4 Å². The zero-order valence-corrected chi connectivity index (χ0v) is 12.1. The van der Waals surface area contributed by atoms with Crippen molar-refractivity contribution in [3.8, 4) is 0 Å². The van der Waals surface area contributed by atoms with Crippen LogP contribution in [0.5, 0.6) is 0 Å². The Balaban J connectivity index is 2.41. The van der Waals surface area contributed by atoms with Crippen molar-refractivity contribution < 1.29 is 4.79 Å². The second-order valence-electron chi connectivity index (χ2n) is 6.68. The van der Waals surface area contributed by atoms with Gasteiger partial charge in [0.15, 0.2) is 0 Å². The zero-order valence-electron chi connectivity index (χ0n) is 12.1. The van der Waals surface area contributed by atoms with Crippen LogP contribution in [0.4, 0.5) is 0 Å². The van der Waals surface area contributed by atoms with Crippen molar-refractivity contribution in [3.05, 3.63) is 0 Å². The topological polar surface area (TPSA) is 23.6 Å². The Kier molecular flexibility index (Phi) is 4.99. The van der Waals surface area contributed by atoms with E-state index >= 15 is 0 Å². The summed E-state index contributed by atoms with van der Waals surface area (Å²) in [6, 6.07) is 0. The van der Waals surface area contributed by atoms with Crippen LogP contribution in [0.3, 0.4) is 0 Å². The molecule has 1 aliphatic heterocycles. The average Bonchev–Trinajstić information content (AvgIpc) is 2.24. The maximum absolute atomic E-state index is 11.9. The van der Waals surface area contributed by atoms with Crippen LogP contribution >= 0.6 is 0 Å². The number of amides is 1. The van der Waals surface area contributed by atoms with Gasteiger partial charge in [-0.2, -0.15) is 0 Å². The van der Waals surface area contributed by atoms with Gasteiger partial charge in [0.1, 0.15) is 0 Å². The van der Waals surface area contributed by atoms with Crippen LogP contribution < -0.4 is 0 Å². The van der Waals surface area contributed by atoms with Crippen LogP contribution in [0.15, 0.2) is 0 Å². The lowest BCUT2D eigenvalue weighted by atomic mass is 9.90. The first-order chi connectivity index (χ1) is 7.79. The van der Waals surface area contributed by atoms with E-state index in [1.807, 2.05) is 14.1 Å². The molecule has 1 rings (SSSR count). The van der Waals surface area contributed by atoms with Gasteiger partial charge in [-0.25, -0.2) is 0 Å². The van der Waals surface area contributed by atoms with Gasteiger partial charge in [-0.1, -0.05) is 20.8 Å². The Morgan fingerprint density at radius 1 is 1.35 bits per heavy atom. The average molecular weight is 240 g/mol. The van der Waals surface area contributed by atoms with Gasteiger partial charge >= 0.3 is 0 Å². The van der Waals surface area contributed by atoms with E-state index in [9.17, 15) is 4.79 Å². The summed E-state index contributed by atoms with van der Waals surface area (Å²) in [4.78, 5) is 16.1. The molecule has 1 heterocycles. The smallest absolute Gasteiger partial charge is 0.226 e. The molecule has 0 aromatic heterocycles. The predicted octanol–water partition coefficient (Wildman–Crippen LogP) is 2.22. The molecule has 3 nitrogen and oxygen atoms in total. The number of carbonyl (C=O) groups is 1. The lowest BCUT2D eigenvalue weighted by Gasteiger charge is -2.34. The maximum atomic E-state index is 11.9. The molecule has 17 heavy (non-hydrogen) atoms. The normalized spacial score (nSPS) is 22.5. The number of likely N-dealkylation sites (tertiary alicyclic amines) is 1. The van der Waals surface area contributed by atoms with Crippen LogP contribution in [0, 0.1) is 11.3 Å². The molecule has 0 N–H and O–H groups in total. The number of nitrogens with zero attached hydrogens (tertiary/aromatic N) is 2. The highest BCUT2D eigenvalue weighted by Crippen LogP contribution is 2.22. The molecule has 0 aromatic rings. The van der Waals surface area contributed by atoms with E-state index in [0.717, 1.165) is 32.5 Å². The lowest BCUT2D eigenvalue weighted by Crippen LogP contribution is -2.43. The van der Waals surface area contributed by atoms with Crippen LogP contribution in [0.2, 0.25) is 0 Å². The molecular formula is C14H28N2O. The minimum atomic E-state index is 0.221. The third-order valence-electron chi connectivity index (χ3n) is 3.47. The maximum Gasteiger partial charge on any atom is 0.226 e. The molecule has 1 saturated heterocycles. The molecule has 0 bridgehead atoms. The highest BCUT2D eigenvalue weighted by Gasteiger charge is 2.27. The first-order valence-electron chi connectivity index (χ1n) is 6.73. The Hall–Kier alpha value is -0.570. The van der Waals surface area contributed by atoms with E-state index in [4.69, 9.17) is 0 Å². The number of hydrogen-bond acceptors (Lipinski definition) is 2. The summed E-state index contributed by atoms with van der Waals surface area (Å²) in [5.41, 5.74) is 0.387. The summed E-state index contributed by atoms with van der Waals surface area (Å²) in [5.74, 6) is 0.518. The summed E-state index contributed by atoms with van der Waals surface area (Å²) in [5, 5.41) is 0. The standard InChI is InChI=1S/C14H28N2O/c1-14(2,3)8-10-16-9-6-7-12(11-16)13(17)15(4)5/h12H,6-11H2,1-5H3. The van der Waals surface area contributed by atoms with E-state index in [1.54, 1.807) is 4.90 Å². The quantitative estimate of drug-likeness (QED) is 0.755. The number of hydrogen-bond donors (Lipinski definition) is 0. The van der Waals surface area contributed by atoms with Crippen molar-refractivity contribution in [3.63, 3.8) is 0 Å². The summed E-state index contributed by atoms with van der Waals surface area (Å²) < 4.78 is 0. The van der Waals surface area contributed by atoms with Crippen molar-refractivity contribution in [1.29, 1.82) is 0 Å². The third-order valence-corrected chi connectivity index (χ3v) is 3.47. The van der Waals surface area contributed by atoms with Gasteiger partial charge < -0.3 is 9.80 Å². The van der Waals surface area contributed by atoms with Gasteiger partial charge in [-0.3, -0.25) is 4.79 Å². The van der Waals surface area contributed by atoms with Crippen LogP contribution in [-0.2, 0) is 4.79 Å². The second kappa shape index (κ2) is 5.85. The molecule has 3 heteroatoms. The Bertz CT molecular complexity index is 255. The van der Waals surface area contributed by atoms with E-state index < -0.39 is 0 Å². The SMILES string of the molecule is CN(C)C(=O)C1CCCN(CCC(C)(C)C)C1. The van der Waals surface area contributed by atoms with Crippen molar-refractivity contribution >= 4 is 5.91 Å². The summed E-state index contributed by atoms with van der Waals surface area (Å²) in [6.45, 7) is 10.1. The first-order valence-corrected chi connectivity index (χ1v) is 6.73. The molecule has 0 saturated carbocycles. The molecule has 1 amide bonds. The van der Waals surface area contributed by atoms with Gasteiger partial charge in [0.2, 0.25) is 5.91 Å². The molecule has 0 spiro atoms. The van der Waals surface area contributed by atoms with E-state index in [0.29, 0.717) is 11.3 Å². The van der Waals surface area contributed by atoms with E-state index in [-0.39, 0.29) is 5.92 Å². The summed E-state index contributed by atoms with van der Waals surface area (Å²) in [6.07, 6.45) is 3.42. The molecule has 0 radical (unpaired) electrons. The first kappa shape index (κ1) is 14.5. The van der Waals surface area contributed by atoms with Gasteiger partial charge in [0.05, 0.1) is 5.92 Å². The van der Waals surface area contributed by atoms with Crippen molar-refractivity contribution in [2.45, 2.75) is 40.0 Å². The van der Waals surface area contributed by atoms with Crippen molar-refractivity contribution in [1.82, 2.24) is 9.80 Å². The molecule has 1 atom stereocenters. The highest BCUT2D eigenvalue weighted by atomic mass is 16.2. The predicted molar refractivity (Wildman–Crippen MR) is 71.9 cm³/mol. The monoisotopic (exact) mass is 240 g/mol. The third kappa shape index (κ3) is 5.07. The summed E-state index contributed by atoms with van der Waals surface area (Å²) in [7, 11) is 3.72. The van der Waals surface area contributed by atoms with Crippen molar-refractivity contribution in [2.75, 3.05) is 33.7 Å². The van der Waals surface area contributed by atoms with Gasteiger partial charge in [-0.15, -0.1) is 0 Å². The lowest BCUT2D eigenvalue weighted by molar-refractivity contribution is -0.134. The molecular weight excluding hydrogens is 212 g/mol. The fourth-order valence-corrected chi connectivity index (χ4v) is 2.32. The largest absolute Gasteiger partial charge is 0.349 e. The molecule has 1 aliphatic rings. The Morgan fingerprint density at radius 3 is 2.53 bits per heavy atom. The Labute approximate surface area is 106 Å². The van der Waals surface area contributed by atoms with Gasteiger partial charge in [0.25, 0.3) is 0 Å². The highest BCUT2D eigenvalue weighted by molar-refractivity contribution is 5.78. The minimum Gasteiger partial charge on any atom is -0.349 e. The number of piperidine rings is 1. The van der Waals surface area contributed by atoms with E-state index in [1.165, 1.54) is 6.42 Å². The van der Waals surface area contributed by atoms with Gasteiger partial charge in [0, 0.05) is 20.6 Å². The Morgan fingerprint density at radius 2 is 2.00 bits per heavy atom. The molecule has 100 valence electrons.